The van der Waals surface area contributed by atoms with E-state index in [9.17, 15) is 4.79 Å². The quantitative estimate of drug-likeness (QED) is 0.585. The minimum absolute atomic E-state index is 0.124. The normalized spacial score (nSPS) is 10.1. The van der Waals surface area contributed by atoms with Gasteiger partial charge in [-0.25, -0.2) is 9.97 Å². The molecule has 0 saturated carbocycles. The highest BCUT2D eigenvalue weighted by Gasteiger charge is 2.13. The van der Waals surface area contributed by atoms with Gasteiger partial charge in [0.15, 0.2) is 0 Å². The number of nitrogens with zero attached hydrogens (tertiary/aromatic N) is 2. The number of carbonyl (C=O) groups excluding carboxylic acids is 1. The predicted molar refractivity (Wildman–Crippen MR) is 56.9 cm³/mol. The smallest absolute Gasteiger partial charge is 0.310 e. The Morgan fingerprint density at radius 2 is 2.07 bits per heavy atom. The van der Waals surface area contributed by atoms with Gasteiger partial charge in [0.05, 0.1) is 13.0 Å². The second-order valence-electron chi connectivity index (χ2n) is 3.11. The van der Waals surface area contributed by atoms with Crippen LogP contribution in [0.25, 0.3) is 0 Å². The zero-order chi connectivity index (χ0) is 11.4. The first kappa shape index (κ1) is 11.9. The lowest BCUT2D eigenvalue weighted by Gasteiger charge is -2.07. The molecule has 0 spiro atoms. The van der Waals surface area contributed by atoms with Crippen LogP contribution in [0, 0.1) is 13.8 Å². The van der Waals surface area contributed by atoms with E-state index in [0.29, 0.717) is 23.1 Å². The molecule has 1 rings (SSSR count). The number of esters is 1. The highest BCUT2D eigenvalue weighted by molar-refractivity contribution is 6.30. The Labute approximate surface area is 93.6 Å². The van der Waals surface area contributed by atoms with Gasteiger partial charge in [-0.15, -0.1) is 0 Å². The lowest BCUT2D eigenvalue weighted by molar-refractivity contribution is -0.142. The molecule has 4 nitrogen and oxygen atoms in total. The van der Waals surface area contributed by atoms with Crippen LogP contribution in [0.1, 0.15) is 24.0 Å². The SMILES string of the molecule is CCOC(=O)Cc1c(C)nc(C)nc1Cl. The van der Waals surface area contributed by atoms with Gasteiger partial charge in [0.1, 0.15) is 11.0 Å². The molecule has 0 fully saturated rings. The standard InChI is InChI=1S/C10H13ClN2O2/c1-4-15-9(14)5-8-6(2)12-7(3)13-10(8)11/h4-5H2,1-3H3. The van der Waals surface area contributed by atoms with Crippen LogP contribution in [0.2, 0.25) is 5.15 Å². The third kappa shape index (κ3) is 3.16. The van der Waals surface area contributed by atoms with E-state index in [1.165, 1.54) is 0 Å². The lowest BCUT2D eigenvalue weighted by atomic mass is 10.2. The van der Waals surface area contributed by atoms with Crippen molar-refractivity contribution in [1.82, 2.24) is 9.97 Å². The van der Waals surface area contributed by atoms with E-state index in [0.717, 1.165) is 5.69 Å². The van der Waals surface area contributed by atoms with Crippen LogP contribution < -0.4 is 0 Å². The van der Waals surface area contributed by atoms with Gasteiger partial charge in [-0.2, -0.15) is 0 Å². The van der Waals surface area contributed by atoms with E-state index in [1.807, 2.05) is 0 Å². The molecule has 82 valence electrons. The summed E-state index contributed by atoms with van der Waals surface area (Å²) in [5.41, 5.74) is 1.36. The summed E-state index contributed by atoms with van der Waals surface area (Å²) >= 11 is 5.92. The summed E-state index contributed by atoms with van der Waals surface area (Å²) in [5.74, 6) is 0.292. The van der Waals surface area contributed by atoms with Crippen molar-refractivity contribution in [2.24, 2.45) is 0 Å². The Hall–Kier alpha value is -1.16. The zero-order valence-electron chi connectivity index (χ0n) is 9.00. The van der Waals surface area contributed by atoms with Crippen LogP contribution in [0.4, 0.5) is 0 Å². The fraction of sp³-hybridized carbons (Fsp3) is 0.500. The molecule has 5 heteroatoms. The maximum atomic E-state index is 11.3. The molecule has 0 aliphatic rings. The molecule has 0 atom stereocenters. The molecule has 0 bridgehead atoms. The van der Waals surface area contributed by atoms with Gasteiger partial charge >= 0.3 is 5.97 Å². The first-order valence-electron chi connectivity index (χ1n) is 4.69. The van der Waals surface area contributed by atoms with Crippen LogP contribution in [-0.4, -0.2) is 22.5 Å². The Morgan fingerprint density at radius 3 is 2.60 bits per heavy atom. The van der Waals surface area contributed by atoms with Crippen molar-refractivity contribution in [3.8, 4) is 0 Å². The Kier molecular flexibility index (Phi) is 4.03. The van der Waals surface area contributed by atoms with Crippen LogP contribution in [0.15, 0.2) is 0 Å². The third-order valence-electron chi connectivity index (χ3n) is 1.90. The third-order valence-corrected chi connectivity index (χ3v) is 2.21. The minimum atomic E-state index is -0.310. The second kappa shape index (κ2) is 5.07. The van der Waals surface area contributed by atoms with E-state index in [2.05, 4.69) is 9.97 Å². The molecule has 0 radical (unpaired) electrons. The average molecular weight is 229 g/mol. The molecular weight excluding hydrogens is 216 g/mol. The number of hydrogen-bond acceptors (Lipinski definition) is 4. The van der Waals surface area contributed by atoms with Crippen molar-refractivity contribution >= 4 is 17.6 Å². The fourth-order valence-corrected chi connectivity index (χ4v) is 1.58. The lowest BCUT2D eigenvalue weighted by Crippen LogP contribution is -2.11. The highest BCUT2D eigenvalue weighted by Crippen LogP contribution is 2.17. The Balaban J connectivity index is 2.90. The van der Waals surface area contributed by atoms with Crippen LogP contribution >= 0.6 is 11.6 Å². The minimum Gasteiger partial charge on any atom is -0.466 e. The van der Waals surface area contributed by atoms with E-state index in [4.69, 9.17) is 16.3 Å². The Bertz CT molecular complexity index is 357. The van der Waals surface area contributed by atoms with Crippen molar-refractivity contribution in [3.05, 3.63) is 22.2 Å². The summed E-state index contributed by atoms with van der Waals surface area (Å²) in [5, 5.41) is 0.327. The van der Waals surface area contributed by atoms with Gasteiger partial charge in [-0.1, -0.05) is 11.6 Å². The first-order valence-corrected chi connectivity index (χ1v) is 5.07. The van der Waals surface area contributed by atoms with Gasteiger partial charge in [-0.3, -0.25) is 4.79 Å². The maximum Gasteiger partial charge on any atom is 0.310 e. The number of aryl methyl sites for hydroxylation is 2. The summed E-state index contributed by atoms with van der Waals surface area (Å²) in [6.07, 6.45) is 0.124. The van der Waals surface area contributed by atoms with Gasteiger partial charge in [-0.05, 0) is 20.8 Å². The number of ether oxygens (including phenoxy) is 1. The summed E-state index contributed by atoms with van der Waals surface area (Å²) in [6.45, 7) is 5.68. The van der Waals surface area contributed by atoms with Gasteiger partial charge in [0, 0.05) is 11.3 Å². The largest absolute Gasteiger partial charge is 0.466 e. The molecule has 0 amide bonds. The molecule has 0 aliphatic carbocycles. The average Bonchev–Trinajstić information content (AvgIpc) is 2.11. The van der Waals surface area contributed by atoms with Gasteiger partial charge in [0.25, 0.3) is 0 Å². The molecule has 1 aromatic heterocycles. The molecule has 0 unspecified atom stereocenters. The summed E-state index contributed by atoms with van der Waals surface area (Å²) in [4.78, 5) is 19.4. The second-order valence-corrected chi connectivity index (χ2v) is 3.47. The van der Waals surface area contributed by atoms with Crippen molar-refractivity contribution < 1.29 is 9.53 Å². The molecule has 0 saturated heterocycles. The van der Waals surface area contributed by atoms with E-state index < -0.39 is 0 Å². The molecule has 0 aliphatic heterocycles. The molecule has 0 N–H and O–H groups in total. The van der Waals surface area contributed by atoms with Crippen molar-refractivity contribution in [3.63, 3.8) is 0 Å². The molecule has 1 heterocycles. The van der Waals surface area contributed by atoms with E-state index in [1.54, 1.807) is 20.8 Å². The zero-order valence-corrected chi connectivity index (χ0v) is 9.76. The van der Waals surface area contributed by atoms with Crippen LogP contribution in [0.3, 0.4) is 0 Å². The van der Waals surface area contributed by atoms with Crippen molar-refractivity contribution in [2.45, 2.75) is 27.2 Å². The van der Waals surface area contributed by atoms with Crippen LogP contribution in [0.5, 0.6) is 0 Å². The number of halogens is 1. The number of rotatable bonds is 3. The Morgan fingerprint density at radius 1 is 1.40 bits per heavy atom. The molecular formula is C10H13ClN2O2. The van der Waals surface area contributed by atoms with E-state index >= 15 is 0 Å². The monoisotopic (exact) mass is 228 g/mol. The van der Waals surface area contributed by atoms with Crippen molar-refractivity contribution in [1.29, 1.82) is 0 Å². The van der Waals surface area contributed by atoms with Crippen molar-refractivity contribution in [2.75, 3.05) is 6.61 Å². The molecule has 1 aromatic rings. The summed E-state index contributed by atoms with van der Waals surface area (Å²) < 4.78 is 4.83. The molecule has 15 heavy (non-hydrogen) atoms. The molecule has 0 aromatic carbocycles. The summed E-state index contributed by atoms with van der Waals surface area (Å²) in [6, 6.07) is 0. The fourth-order valence-electron chi connectivity index (χ4n) is 1.25. The van der Waals surface area contributed by atoms with Crippen LogP contribution in [-0.2, 0) is 16.0 Å². The van der Waals surface area contributed by atoms with E-state index in [-0.39, 0.29) is 12.4 Å². The van der Waals surface area contributed by atoms with Gasteiger partial charge < -0.3 is 4.74 Å². The highest BCUT2D eigenvalue weighted by atomic mass is 35.5. The number of hydrogen-bond donors (Lipinski definition) is 0. The maximum absolute atomic E-state index is 11.3. The number of carbonyl (C=O) groups is 1. The van der Waals surface area contributed by atoms with Gasteiger partial charge in [0.2, 0.25) is 0 Å². The number of aromatic nitrogens is 2. The predicted octanol–water partition coefficient (Wildman–Crippen LogP) is 1.85. The topological polar surface area (TPSA) is 52.1 Å². The first-order chi connectivity index (χ1) is 7.04. The summed E-state index contributed by atoms with van der Waals surface area (Å²) in [7, 11) is 0.